The van der Waals surface area contributed by atoms with Crippen LogP contribution in [-0.2, 0) is 0 Å². The van der Waals surface area contributed by atoms with Gasteiger partial charge in [0.2, 0.25) is 0 Å². The van der Waals surface area contributed by atoms with E-state index >= 15 is 0 Å². The van der Waals surface area contributed by atoms with Gasteiger partial charge in [-0.1, -0.05) is 0 Å². The van der Waals surface area contributed by atoms with E-state index in [0.29, 0.717) is 3.70 Å². The van der Waals surface area contributed by atoms with Crippen molar-refractivity contribution in [3.8, 4) is 0 Å². The summed E-state index contributed by atoms with van der Waals surface area (Å²) in [5.41, 5.74) is -0.398. The Morgan fingerprint density at radius 1 is 1.73 bits per heavy atom. The van der Waals surface area contributed by atoms with Crippen molar-refractivity contribution < 1.29 is 14.3 Å². The van der Waals surface area contributed by atoms with Gasteiger partial charge < -0.3 is 5.11 Å². The molecule has 0 bridgehead atoms. The third-order valence-corrected chi connectivity index (χ3v) is 1.64. The zero-order valence-corrected chi connectivity index (χ0v) is 7.37. The summed E-state index contributed by atoms with van der Waals surface area (Å²) in [6.45, 7) is 0. The molecule has 1 rings (SSSR count). The first-order chi connectivity index (χ1) is 5.11. The van der Waals surface area contributed by atoms with Crippen LogP contribution in [0.4, 0.5) is 4.39 Å². The smallest absolute Gasteiger partial charge is 0.340 e. The molecule has 5 heteroatoms. The first-order valence-corrected chi connectivity index (χ1v) is 3.73. The predicted molar refractivity (Wildman–Crippen MR) is 43.9 cm³/mol. The molecule has 0 radical (unpaired) electrons. The molecule has 58 valence electrons. The Labute approximate surface area is 75.4 Å². The summed E-state index contributed by atoms with van der Waals surface area (Å²) in [5.74, 6) is -2.05. The van der Waals surface area contributed by atoms with Crippen LogP contribution in [0.1, 0.15) is 10.4 Å². The Balaban J connectivity index is 3.20. The van der Waals surface area contributed by atoms with E-state index in [9.17, 15) is 9.18 Å². The molecule has 0 amide bonds. The van der Waals surface area contributed by atoms with Crippen LogP contribution in [-0.4, -0.2) is 16.1 Å². The molecule has 0 aromatic carbocycles. The van der Waals surface area contributed by atoms with Gasteiger partial charge in [-0.3, -0.25) is 0 Å². The molecule has 0 fully saturated rings. The van der Waals surface area contributed by atoms with E-state index in [1.54, 1.807) is 22.6 Å². The number of aromatic nitrogens is 1. The van der Waals surface area contributed by atoms with E-state index in [1.165, 1.54) is 0 Å². The molecule has 1 heterocycles. The molecule has 1 aromatic rings. The number of carbonyl (C=O) groups is 1. The fraction of sp³-hybridized carbons (Fsp3) is 0. The minimum Gasteiger partial charge on any atom is -0.478 e. The molecule has 0 unspecified atom stereocenters. The second-order valence-corrected chi connectivity index (χ2v) is 2.90. The Morgan fingerprint density at radius 3 is 2.82 bits per heavy atom. The van der Waals surface area contributed by atoms with Gasteiger partial charge in [0.05, 0.1) is 0 Å². The van der Waals surface area contributed by atoms with E-state index in [1.807, 2.05) is 0 Å². The number of rotatable bonds is 1. The largest absolute Gasteiger partial charge is 0.478 e. The fourth-order valence-electron chi connectivity index (χ4n) is 0.565. The van der Waals surface area contributed by atoms with Gasteiger partial charge in [0.1, 0.15) is 15.1 Å². The van der Waals surface area contributed by atoms with Crippen molar-refractivity contribution in [2.24, 2.45) is 0 Å². The number of hydrogen-bond donors (Lipinski definition) is 1. The molecule has 1 N–H and O–H groups in total. The minimum absolute atomic E-state index is 0.398. The van der Waals surface area contributed by atoms with Crippen LogP contribution in [0.3, 0.4) is 0 Å². The van der Waals surface area contributed by atoms with Crippen molar-refractivity contribution in [2.75, 3.05) is 0 Å². The number of pyridine rings is 1. The summed E-state index contributed by atoms with van der Waals surface area (Å²) in [4.78, 5) is 13.9. The highest BCUT2D eigenvalue weighted by molar-refractivity contribution is 14.1. The molecule has 0 saturated carbocycles. The second kappa shape index (κ2) is 3.12. The van der Waals surface area contributed by atoms with Crippen molar-refractivity contribution in [3.05, 3.63) is 27.3 Å². The van der Waals surface area contributed by atoms with Crippen LogP contribution in [0, 0.1) is 9.52 Å². The average Bonchev–Trinajstić information content (AvgIpc) is 1.85. The molecule has 1 aromatic heterocycles. The normalized spacial score (nSPS) is 9.64. The summed E-state index contributed by atoms with van der Waals surface area (Å²) in [7, 11) is 0. The maximum absolute atomic E-state index is 12.7. The van der Waals surface area contributed by atoms with E-state index in [-0.39, 0.29) is 0 Å². The molecule has 11 heavy (non-hydrogen) atoms. The summed E-state index contributed by atoms with van der Waals surface area (Å²) in [6, 6.07) is 1.07. The molecule has 0 aliphatic rings. The maximum atomic E-state index is 12.7. The average molecular weight is 267 g/mol. The Hall–Kier alpha value is -0.720. The molecule has 0 spiro atoms. The molecule has 3 nitrogen and oxygen atoms in total. The van der Waals surface area contributed by atoms with Crippen molar-refractivity contribution in [1.29, 1.82) is 0 Å². The SMILES string of the molecule is O=C(O)c1cnc(I)cc1F. The lowest BCUT2D eigenvalue weighted by atomic mass is 10.3. The number of aromatic carboxylic acids is 1. The van der Waals surface area contributed by atoms with Gasteiger partial charge in [0.15, 0.2) is 0 Å². The van der Waals surface area contributed by atoms with Crippen molar-refractivity contribution in [3.63, 3.8) is 0 Å². The Bertz CT molecular complexity index is 303. The van der Waals surface area contributed by atoms with Crippen LogP contribution in [0.25, 0.3) is 0 Å². The van der Waals surface area contributed by atoms with Crippen molar-refractivity contribution >= 4 is 28.6 Å². The maximum Gasteiger partial charge on any atom is 0.340 e. The summed E-state index contributed by atoms with van der Waals surface area (Å²) in [5, 5.41) is 8.37. The molecule has 0 aliphatic heterocycles. The van der Waals surface area contributed by atoms with Crippen molar-refractivity contribution in [1.82, 2.24) is 4.98 Å². The minimum atomic E-state index is -1.30. The van der Waals surface area contributed by atoms with Crippen LogP contribution in [0.5, 0.6) is 0 Å². The highest BCUT2D eigenvalue weighted by atomic mass is 127. The first-order valence-electron chi connectivity index (χ1n) is 2.65. The van der Waals surface area contributed by atoms with Gasteiger partial charge in [0.25, 0.3) is 0 Å². The fourth-order valence-corrected chi connectivity index (χ4v) is 0.978. The second-order valence-electron chi connectivity index (χ2n) is 1.79. The monoisotopic (exact) mass is 267 g/mol. The Kier molecular flexibility index (Phi) is 2.38. The topological polar surface area (TPSA) is 50.2 Å². The molecule has 0 saturated heterocycles. The summed E-state index contributed by atoms with van der Waals surface area (Å²) < 4.78 is 13.1. The van der Waals surface area contributed by atoms with Gasteiger partial charge in [-0.05, 0) is 22.6 Å². The zero-order chi connectivity index (χ0) is 8.43. The van der Waals surface area contributed by atoms with Gasteiger partial charge in [0, 0.05) is 12.3 Å². The van der Waals surface area contributed by atoms with Gasteiger partial charge >= 0.3 is 5.97 Å². The van der Waals surface area contributed by atoms with E-state index < -0.39 is 17.3 Å². The number of hydrogen-bond acceptors (Lipinski definition) is 2. The molecule has 0 aliphatic carbocycles. The van der Waals surface area contributed by atoms with Crippen LogP contribution >= 0.6 is 22.6 Å². The lowest BCUT2D eigenvalue weighted by Crippen LogP contribution is -2.01. The lowest BCUT2D eigenvalue weighted by molar-refractivity contribution is 0.0691. The first kappa shape index (κ1) is 8.38. The van der Waals surface area contributed by atoms with Gasteiger partial charge in [-0.2, -0.15) is 0 Å². The van der Waals surface area contributed by atoms with Crippen LogP contribution < -0.4 is 0 Å². The molecule has 0 atom stereocenters. The van der Waals surface area contributed by atoms with E-state index in [4.69, 9.17) is 5.11 Å². The standard InChI is InChI=1S/C6H3FINO2/c7-4-1-5(8)9-2-3(4)6(10)11/h1-2H,(H,10,11). The summed E-state index contributed by atoms with van der Waals surface area (Å²) >= 11 is 1.80. The third-order valence-electron chi connectivity index (χ3n) is 1.05. The number of nitrogens with zero attached hydrogens (tertiary/aromatic N) is 1. The highest BCUT2D eigenvalue weighted by Crippen LogP contribution is 2.08. The van der Waals surface area contributed by atoms with Gasteiger partial charge in [-0.25, -0.2) is 14.2 Å². The van der Waals surface area contributed by atoms with E-state index in [2.05, 4.69) is 4.98 Å². The molecular weight excluding hydrogens is 264 g/mol. The highest BCUT2D eigenvalue weighted by Gasteiger charge is 2.09. The number of carboxylic acids is 1. The number of halogens is 2. The quantitative estimate of drug-likeness (QED) is 0.620. The number of carboxylic acid groups (broad SMARTS) is 1. The van der Waals surface area contributed by atoms with E-state index in [0.717, 1.165) is 12.3 Å². The zero-order valence-electron chi connectivity index (χ0n) is 5.21. The Morgan fingerprint density at radius 2 is 2.36 bits per heavy atom. The van der Waals surface area contributed by atoms with Gasteiger partial charge in [-0.15, -0.1) is 0 Å². The van der Waals surface area contributed by atoms with Crippen LogP contribution in [0.2, 0.25) is 0 Å². The predicted octanol–water partition coefficient (Wildman–Crippen LogP) is 1.52. The molecular formula is C6H3FINO2. The lowest BCUT2D eigenvalue weighted by Gasteiger charge is -1.95. The van der Waals surface area contributed by atoms with Crippen molar-refractivity contribution in [2.45, 2.75) is 0 Å². The third kappa shape index (κ3) is 1.86. The summed E-state index contributed by atoms with van der Waals surface area (Å²) in [6.07, 6.45) is 0.999. The van der Waals surface area contributed by atoms with Crippen LogP contribution in [0.15, 0.2) is 12.3 Å².